The molecule has 0 radical (unpaired) electrons. The highest BCUT2D eigenvalue weighted by molar-refractivity contribution is 5.88. The van der Waals surface area contributed by atoms with Gasteiger partial charge in [0.05, 0.1) is 0 Å². The molecule has 0 unspecified atom stereocenters. The predicted molar refractivity (Wildman–Crippen MR) is 69.9 cm³/mol. The Morgan fingerprint density at radius 3 is 2.71 bits per heavy atom. The number of hydrogen-bond donors (Lipinski definition) is 2. The Labute approximate surface area is 102 Å². The number of hydrogen-bond acceptors (Lipinski definition) is 2. The molecule has 1 aliphatic carbocycles. The van der Waals surface area contributed by atoms with Crippen LogP contribution in [0.2, 0.25) is 0 Å². The van der Waals surface area contributed by atoms with E-state index in [1.807, 2.05) is 12.1 Å². The Morgan fingerprint density at radius 2 is 2.12 bits per heavy atom. The summed E-state index contributed by atoms with van der Waals surface area (Å²) in [7, 11) is 0. The maximum atomic E-state index is 11.1. The van der Waals surface area contributed by atoms with E-state index < -0.39 is 0 Å². The van der Waals surface area contributed by atoms with Crippen LogP contribution in [0.1, 0.15) is 38.2 Å². The van der Waals surface area contributed by atoms with Gasteiger partial charge < -0.3 is 11.1 Å². The highest BCUT2D eigenvalue weighted by Gasteiger charge is 2.34. The van der Waals surface area contributed by atoms with Gasteiger partial charge in [0.2, 0.25) is 5.91 Å². The van der Waals surface area contributed by atoms with Crippen molar-refractivity contribution in [1.82, 2.24) is 0 Å². The van der Waals surface area contributed by atoms with E-state index in [1.54, 1.807) is 0 Å². The maximum absolute atomic E-state index is 11.1. The van der Waals surface area contributed by atoms with E-state index in [2.05, 4.69) is 17.4 Å². The van der Waals surface area contributed by atoms with Crippen molar-refractivity contribution < 1.29 is 4.79 Å². The monoisotopic (exact) mass is 232 g/mol. The van der Waals surface area contributed by atoms with Crippen LogP contribution >= 0.6 is 0 Å². The first-order valence-corrected chi connectivity index (χ1v) is 6.24. The van der Waals surface area contributed by atoms with Gasteiger partial charge in [0.15, 0.2) is 0 Å². The first kappa shape index (κ1) is 12.1. The third-order valence-electron chi connectivity index (χ3n) is 3.75. The highest BCUT2D eigenvalue weighted by atomic mass is 16.1. The number of carbonyl (C=O) groups is 1. The summed E-state index contributed by atoms with van der Waals surface area (Å²) in [6.07, 6.45) is 4.82. The lowest BCUT2D eigenvalue weighted by atomic mass is 9.79. The maximum Gasteiger partial charge on any atom is 0.221 e. The van der Waals surface area contributed by atoms with Crippen LogP contribution in [0.3, 0.4) is 0 Å². The second kappa shape index (κ2) is 4.88. The second-order valence-electron chi connectivity index (χ2n) is 4.95. The van der Waals surface area contributed by atoms with Gasteiger partial charge in [0.25, 0.3) is 0 Å². The molecule has 1 aromatic carbocycles. The number of benzene rings is 1. The van der Waals surface area contributed by atoms with Crippen molar-refractivity contribution in [2.45, 2.75) is 38.0 Å². The van der Waals surface area contributed by atoms with E-state index in [9.17, 15) is 4.79 Å². The second-order valence-corrected chi connectivity index (χ2v) is 4.95. The summed E-state index contributed by atoms with van der Waals surface area (Å²) in [6, 6.07) is 8.11. The lowest BCUT2D eigenvalue weighted by Crippen LogP contribution is -2.32. The number of carbonyl (C=O) groups excluding carboxylic acids is 1. The molecule has 92 valence electrons. The molecule has 0 bridgehead atoms. The van der Waals surface area contributed by atoms with Gasteiger partial charge in [-0.3, -0.25) is 4.79 Å². The Bertz CT molecular complexity index is 408. The van der Waals surface area contributed by atoms with Gasteiger partial charge in [-0.05, 0) is 30.5 Å². The topological polar surface area (TPSA) is 55.1 Å². The van der Waals surface area contributed by atoms with Crippen LogP contribution in [-0.2, 0) is 10.2 Å². The fourth-order valence-corrected chi connectivity index (χ4v) is 2.79. The molecule has 3 heteroatoms. The van der Waals surface area contributed by atoms with E-state index in [0.717, 1.165) is 18.5 Å². The van der Waals surface area contributed by atoms with Crippen molar-refractivity contribution in [3.05, 3.63) is 29.8 Å². The Morgan fingerprint density at radius 1 is 1.41 bits per heavy atom. The van der Waals surface area contributed by atoms with Crippen LogP contribution < -0.4 is 11.1 Å². The van der Waals surface area contributed by atoms with Crippen LogP contribution in [0.4, 0.5) is 5.69 Å². The molecular weight excluding hydrogens is 212 g/mol. The Kier molecular flexibility index (Phi) is 3.48. The molecule has 0 spiro atoms. The van der Waals surface area contributed by atoms with E-state index in [-0.39, 0.29) is 11.3 Å². The van der Waals surface area contributed by atoms with Crippen LogP contribution in [0, 0.1) is 0 Å². The zero-order valence-electron chi connectivity index (χ0n) is 10.3. The smallest absolute Gasteiger partial charge is 0.221 e. The molecular formula is C14H20N2O. The molecule has 3 nitrogen and oxygen atoms in total. The van der Waals surface area contributed by atoms with Crippen LogP contribution in [0.25, 0.3) is 0 Å². The molecule has 2 rings (SSSR count). The molecule has 1 aliphatic rings. The van der Waals surface area contributed by atoms with Crippen LogP contribution in [-0.4, -0.2) is 12.5 Å². The van der Waals surface area contributed by atoms with Crippen LogP contribution in [0.15, 0.2) is 24.3 Å². The third-order valence-corrected chi connectivity index (χ3v) is 3.75. The summed E-state index contributed by atoms with van der Waals surface area (Å²) in [5, 5.41) is 2.83. The number of nitrogens with two attached hydrogens (primary N) is 1. The molecule has 0 aromatic heterocycles. The lowest BCUT2D eigenvalue weighted by Gasteiger charge is -2.28. The van der Waals surface area contributed by atoms with Gasteiger partial charge in [-0.2, -0.15) is 0 Å². The minimum atomic E-state index is -0.0321. The van der Waals surface area contributed by atoms with E-state index >= 15 is 0 Å². The Hall–Kier alpha value is -1.35. The van der Waals surface area contributed by atoms with Crippen molar-refractivity contribution in [2.24, 2.45) is 5.73 Å². The minimum Gasteiger partial charge on any atom is -0.330 e. The largest absolute Gasteiger partial charge is 0.330 e. The van der Waals surface area contributed by atoms with Gasteiger partial charge in [0.1, 0.15) is 0 Å². The molecule has 17 heavy (non-hydrogen) atoms. The summed E-state index contributed by atoms with van der Waals surface area (Å²) < 4.78 is 0. The molecule has 0 heterocycles. The average Bonchev–Trinajstić information content (AvgIpc) is 2.78. The molecule has 3 N–H and O–H groups in total. The number of rotatable bonds is 3. The first-order chi connectivity index (χ1) is 8.16. The highest BCUT2D eigenvalue weighted by Crippen LogP contribution is 2.40. The van der Waals surface area contributed by atoms with Crippen molar-refractivity contribution in [3.8, 4) is 0 Å². The summed E-state index contributed by atoms with van der Waals surface area (Å²) in [5.41, 5.74) is 8.24. The quantitative estimate of drug-likeness (QED) is 0.841. The predicted octanol–water partition coefficient (Wildman–Crippen LogP) is 2.42. The fraction of sp³-hybridized carbons (Fsp3) is 0.500. The number of anilines is 1. The van der Waals surface area contributed by atoms with E-state index in [0.29, 0.717) is 6.54 Å². The van der Waals surface area contributed by atoms with Crippen molar-refractivity contribution in [3.63, 3.8) is 0 Å². The van der Waals surface area contributed by atoms with Gasteiger partial charge >= 0.3 is 0 Å². The summed E-state index contributed by atoms with van der Waals surface area (Å²) >= 11 is 0. The van der Waals surface area contributed by atoms with Gasteiger partial charge in [-0.25, -0.2) is 0 Å². The zero-order chi connectivity index (χ0) is 12.3. The van der Waals surface area contributed by atoms with Crippen molar-refractivity contribution in [1.29, 1.82) is 0 Å². The van der Waals surface area contributed by atoms with E-state index in [4.69, 9.17) is 5.73 Å². The van der Waals surface area contributed by atoms with Crippen molar-refractivity contribution in [2.75, 3.05) is 11.9 Å². The summed E-state index contributed by atoms with van der Waals surface area (Å²) in [5.74, 6) is -0.0321. The average molecular weight is 232 g/mol. The summed E-state index contributed by atoms with van der Waals surface area (Å²) in [6.45, 7) is 2.22. The molecule has 0 atom stereocenters. The zero-order valence-corrected chi connectivity index (χ0v) is 10.3. The molecule has 1 amide bonds. The first-order valence-electron chi connectivity index (χ1n) is 6.24. The van der Waals surface area contributed by atoms with E-state index in [1.165, 1.54) is 25.3 Å². The van der Waals surface area contributed by atoms with Crippen molar-refractivity contribution >= 4 is 11.6 Å². The summed E-state index contributed by atoms with van der Waals surface area (Å²) in [4.78, 5) is 11.1. The molecule has 0 aliphatic heterocycles. The molecule has 1 aromatic rings. The fourth-order valence-electron chi connectivity index (χ4n) is 2.79. The van der Waals surface area contributed by atoms with Gasteiger partial charge in [-0.15, -0.1) is 0 Å². The molecule has 0 saturated heterocycles. The van der Waals surface area contributed by atoms with Crippen LogP contribution in [0.5, 0.6) is 0 Å². The minimum absolute atomic E-state index is 0.0321. The number of amides is 1. The normalized spacial score (nSPS) is 18.0. The van der Waals surface area contributed by atoms with Gasteiger partial charge in [0, 0.05) is 24.6 Å². The Balaban J connectivity index is 2.28. The SMILES string of the molecule is CC(=O)Nc1cccc(C2(CN)CCCC2)c1. The molecule has 1 saturated carbocycles. The van der Waals surface area contributed by atoms with Gasteiger partial charge in [-0.1, -0.05) is 25.0 Å². The number of nitrogens with one attached hydrogen (secondary N) is 1. The standard InChI is InChI=1S/C14H20N2O/c1-11(17)16-13-6-4-5-12(9-13)14(10-15)7-2-3-8-14/h4-6,9H,2-3,7-8,10,15H2,1H3,(H,16,17). The molecule has 1 fully saturated rings. The lowest BCUT2D eigenvalue weighted by molar-refractivity contribution is -0.114. The third kappa shape index (κ3) is 2.50.